The highest BCUT2D eigenvalue weighted by Gasteiger charge is 2.34. The number of hydrogen-bond donors (Lipinski definition) is 4. The van der Waals surface area contributed by atoms with Crippen molar-refractivity contribution in [2.45, 2.75) is 30.6 Å². The summed E-state index contributed by atoms with van der Waals surface area (Å²) in [6.45, 7) is 1.51. The fourth-order valence-electron chi connectivity index (χ4n) is 3.94. The number of thioether (sulfide) groups is 1. The van der Waals surface area contributed by atoms with Gasteiger partial charge in [-0.2, -0.15) is 10.1 Å². The van der Waals surface area contributed by atoms with E-state index < -0.39 is 11.6 Å². The number of aryl methyl sites for hydroxylation is 1. The van der Waals surface area contributed by atoms with Crippen LogP contribution < -0.4 is 16.0 Å². The molecule has 0 amide bonds. The van der Waals surface area contributed by atoms with Gasteiger partial charge in [0, 0.05) is 48.1 Å². The Labute approximate surface area is 211 Å². The lowest BCUT2D eigenvalue weighted by Gasteiger charge is -2.23. The predicted octanol–water partition coefficient (Wildman–Crippen LogP) is 4.26. The molecule has 0 bridgehead atoms. The second-order valence-electron chi connectivity index (χ2n) is 8.38. The molecule has 0 spiro atoms. The lowest BCUT2D eigenvalue weighted by Crippen LogP contribution is -2.20. The number of hydrogen-bond acceptors (Lipinski definition) is 9. The minimum Gasteiger partial charge on any atom is -0.404 e. The second-order valence-corrected chi connectivity index (χ2v) is 9.26. The van der Waals surface area contributed by atoms with Crippen LogP contribution in [0.1, 0.15) is 35.7 Å². The van der Waals surface area contributed by atoms with Crippen molar-refractivity contribution in [1.29, 1.82) is 0 Å². The van der Waals surface area contributed by atoms with Gasteiger partial charge in [0.25, 0.3) is 0 Å². The van der Waals surface area contributed by atoms with E-state index in [9.17, 15) is 5.11 Å². The van der Waals surface area contributed by atoms with Crippen LogP contribution in [0.4, 0.5) is 32.1 Å². The van der Waals surface area contributed by atoms with E-state index >= 15 is 8.78 Å². The van der Waals surface area contributed by atoms with Crippen molar-refractivity contribution in [2.75, 3.05) is 37.2 Å². The molecule has 12 heteroatoms. The Kier molecular flexibility index (Phi) is 7.55. The van der Waals surface area contributed by atoms with E-state index in [-0.39, 0.29) is 24.2 Å². The minimum absolute atomic E-state index is 0.0339. The van der Waals surface area contributed by atoms with E-state index in [1.165, 1.54) is 42.0 Å². The zero-order valence-electron chi connectivity index (χ0n) is 20.4. The number of H-pyrrole nitrogens is 1. The molecule has 3 aromatic rings. The second kappa shape index (κ2) is 10.6. The van der Waals surface area contributed by atoms with Crippen LogP contribution in [0.25, 0.3) is 5.57 Å². The van der Waals surface area contributed by atoms with Crippen molar-refractivity contribution in [1.82, 2.24) is 20.2 Å². The molecule has 2 aromatic heterocycles. The number of aliphatic hydroxyl groups excluding tert-OH is 1. The van der Waals surface area contributed by atoms with Crippen LogP contribution in [-0.2, 0) is 0 Å². The number of halogens is 2. The average molecular weight is 515 g/mol. The van der Waals surface area contributed by atoms with E-state index in [0.717, 1.165) is 24.1 Å². The molecule has 0 aliphatic heterocycles. The Hall–Kier alpha value is -3.51. The number of benzene rings is 1. The first-order valence-electron chi connectivity index (χ1n) is 11.3. The van der Waals surface area contributed by atoms with E-state index in [2.05, 4.69) is 25.5 Å². The number of nitrogens with two attached hydrogens (primary N) is 1. The van der Waals surface area contributed by atoms with Gasteiger partial charge >= 0.3 is 0 Å². The lowest BCUT2D eigenvalue weighted by atomic mass is 10.00. The number of aliphatic imine (C=N–C) groups is 1. The summed E-state index contributed by atoms with van der Waals surface area (Å²) in [6.07, 6.45) is 4.89. The quantitative estimate of drug-likeness (QED) is 0.246. The molecular formula is C24H28F2N8OS. The SMILES string of the molecule is CN=C(CO)/C(=C\N)c1nc(N(C)c2c(F)cc(SC)cc2F)nc(Nc2cc(C)[nH]n2)c1C1CC1. The summed E-state index contributed by atoms with van der Waals surface area (Å²) >= 11 is 1.24. The summed E-state index contributed by atoms with van der Waals surface area (Å²) in [7, 11) is 3.04. The minimum atomic E-state index is -0.739. The maximum Gasteiger partial charge on any atom is 0.232 e. The summed E-state index contributed by atoms with van der Waals surface area (Å²) in [4.78, 5) is 15.2. The van der Waals surface area contributed by atoms with Gasteiger partial charge in [-0.05, 0) is 44.1 Å². The Morgan fingerprint density at radius 3 is 2.50 bits per heavy atom. The number of nitrogens with one attached hydrogen (secondary N) is 2. The van der Waals surface area contributed by atoms with Crippen LogP contribution in [0, 0.1) is 18.6 Å². The first-order valence-corrected chi connectivity index (χ1v) is 12.5. The highest BCUT2D eigenvalue weighted by molar-refractivity contribution is 7.98. The summed E-state index contributed by atoms with van der Waals surface area (Å²) in [5.41, 5.74) is 8.49. The molecule has 9 nitrogen and oxygen atoms in total. The molecule has 36 heavy (non-hydrogen) atoms. The number of aliphatic hydroxyl groups is 1. The molecule has 1 aliphatic carbocycles. The van der Waals surface area contributed by atoms with Gasteiger partial charge in [0.15, 0.2) is 17.5 Å². The molecule has 2 heterocycles. The summed E-state index contributed by atoms with van der Waals surface area (Å²) in [5, 5.41) is 20.2. The summed E-state index contributed by atoms with van der Waals surface area (Å²) in [5.74, 6) is -0.341. The smallest absolute Gasteiger partial charge is 0.232 e. The lowest BCUT2D eigenvalue weighted by molar-refractivity contribution is 0.358. The molecule has 5 N–H and O–H groups in total. The number of nitrogens with zero attached hydrogens (tertiary/aromatic N) is 5. The van der Waals surface area contributed by atoms with Crippen LogP contribution in [0.15, 0.2) is 34.3 Å². The van der Waals surface area contributed by atoms with Crippen molar-refractivity contribution >= 4 is 46.3 Å². The molecule has 1 aliphatic rings. The van der Waals surface area contributed by atoms with E-state index in [0.29, 0.717) is 33.5 Å². The normalized spacial score (nSPS) is 14.3. The van der Waals surface area contributed by atoms with Gasteiger partial charge in [-0.25, -0.2) is 13.8 Å². The number of aromatic amines is 1. The fraction of sp³-hybridized carbons (Fsp3) is 0.333. The van der Waals surface area contributed by atoms with Crippen molar-refractivity contribution in [3.8, 4) is 0 Å². The first-order chi connectivity index (χ1) is 17.3. The van der Waals surface area contributed by atoms with Crippen LogP contribution in [0.3, 0.4) is 0 Å². The topological polar surface area (TPSA) is 128 Å². The molecule has 0 unspecified atom stereocenters. The third-order valence-corrected chi connectivity index (χ3v) is 6.59. The first kappa shape index (κ1) is 25.6. The van der Waals surface area contributed by atoms with Crippen LogP contribution >= 0.6 is 11.8 Å². The highest BCUT2D eigenvalue weighted by atomic mass is 32.2. The van der Waals surface area contributed by atoms with E-state index in [1.807, 2.05) is 13.0 Å². The number of anilines is 4. The number of aromatic nitrogens is 4. The zero-order chi connectivity index (χ0) is 26.0. The van der Waals surface area contributed by atoms with Crippen LogP contribution in [0.2, 0.25) is 0 Å². The molecule has 0 saturated heterocycles. The van der Waals surface area contributed by atoms with Crippen molar-refractivity contribution in [3.05, 3.63) is 53.0 Å². The number of rotatable bonds is 9. The van der Waals surface area contributed by atoms with Gasteiger partial charge in [-0.15, -0.1) is 11.8 Å². The monoisotopic (exact) mass is 514 g/mol. The molecule has 4 rings (SSSR count). The summed E-state index contributed by atoms with van der Waals surface area (Å²) < 4.78 is 30.0. The fourth-order valence-corrected chi connectivity index (χ4v) is 4.38. The largest absolute Gasteiger partial charge is 0.404 e. The van der Waals surface area contributed by atoms with Crippen molar-refractivity contribution < 1.29 is 13.9 Å². The summed E-state index contributed by atoms with van der Waals surface area (Å²) in [6, 6.07) is 4.35. The van der Waals surface area contributed by atoms with Gasteiger partial charge in [0.1, 0.15) is 11.5 Å². The molecule has 0 radical (unpaired) electrons. The van der Waals surface area contributed by atoms with Gasteiger partial charge in [0.05, 0.1) is 18.0 Å². The Balaban J connectivity index is 1.93. The highest BCUT2D eigenvalue weighted by Crippen LogP contribution is 2.47. The molecule has 190 valence electrons. The van der Waals surface area contributed by atoms with Gasteiger partial charge in [0.2, 0.25) is 5.95 Å². The molecular weight excluding hydrogens is 486 g/mol. The zero-order valence-corrected chi connectivity index (χ0v) is 21.2. The maximum atomic E-state index is 15.0. The Bertz CT molecular complexity index is 1310. The Morgan fingerprint density at radius 2 is 2.00 bits per heavy atom. The van der Waals surface area contributed by atoms with Crippen molar-refractivity contribution in [2.24, 2.45) is 10.7 Å². The van der Waals surface area contributed by atoms with Crippen molar-refractivity contribution in [3.63, 3.8) is 0 Å². The van der Waals surface area contributed by atoms with Gasteiger partial charge in [-0.3, -0.25) is 10.1 Å². The van der Waals surface area contributed by atoms with E-state index in [1.54, 1.807) is 13.3 Å². The molecule has 1 fully saturated rings. The average Bonchev–Trinajstić information content (AvgIpc) is 3.62. The van der Waals surface area contributed by atoms with Crippen LogP contribution in [-0.4, -0.2) is 57.9 Å². The molecule has 0 atom stereocenters. The van der Waals surface area contributed by atoms with E-state index in [4.69, 9.17) is 10.7 Å². The maximum absolute atomic E-state index is 15.0. The molecule has 1 saturated carbocycles. The third kappa shape index (κ3) is 5.05. The predicted molar refractivity (Wildman–Crippen MR) is 139 cm³/mol. The Morgan fingerprint density at radius 1 is 1.31 bits per heavy atom. The van der Waals surface area contributed by atoms with Gasteiger partial charge < -0.3 is 21.1 Å². The van der Waals surface area contributed by atoms with Gasteiger partial charge in [-0.1, -0.05) is 0 Å². The standard InChI is InChI=1S/C24H28F2N8OS/c1-12-7-19(33-32-12)29-23-20(13-5-6-13)21(15(10-27)18(11-35)28-2)30-24(31-23)34(3)22-16(25)8-14(36-4)9-17(22)26/h7-10,13,35H,5-6,11,27H2,1-4H3,(H2,29,30,31,32,33)/b15-10+,28-18?. The van der Waals surface area contributed by atoms with Crippen LogP contribution in [0.5, 0.6) is 0 Å². The molecule has 1 aromatic carbocycles. The third-order valence-electron chi connectivity index (χ3n) is 5.89.